The molecule has 0 unspecified atom stereocenters. The molecule has 0 N–H and O–H groups in total. The van der Waals surface area contributed by atoms with Gasteiger partial charge in [-0.25, -0.2) is 4.68 Å². The Morgan fingerprint density at radius 3 is 2.48 bits per heavy atom. The van der Waals surface area contributed by atoms with Crippen LogP contribution in [-0.2, 0) is 6.54 Å². The molecule has 0 aliphatic heterocycles. The van der Waals surface area contributed by atoms with Gasteiger partial charge >= 0.3 is 0 Å². The monoisotopic (exact) mass is 365 g/mol. The lowest BCUT2D eigenvalue weighted by atomic mass is 10.1. The average molecular weight is 365 g/mol. The first-order valence-electron chi connectivity index (χ1n) is 8.96. The Morgan fingerprint density at radius 1 is 1.11 bits per heavy atom. The van der Waals surface area contributed by atoms with Gasteiger partial charge in [0.05, 0.1) is 11.9 Å². The smallest absolute Gasteiger partial charge is 0.274 e. The third kappa shape index (κ3) is 3.84. The van der Waals surface area contributed by atoms with Gasteiger partial charge in [-0.2, -0.15) is 5.10 Å². The Labute approximate surface area is 158 Å². The van der Waals surface area contributed by atoms with Crippen LogP contribution in [0.15, 0.2) is 53.3 Å². The van der Waals surface area contributed by atoms with Crippen molar-refractivity contribution >= 4 is 16.7 Å². The second-order valence-corrected chi connectivity index (χ2v) is 6.36. The molecule has 27 heavy (non-hydrogen) atoms. The van der Waals surface area contributed by atoms with E-state index in [2.05, 4.69) is 5.10 Å². The molecule has 3 rings (SSSR count). The maximum absolute atomic E-state index is 12.9. The summed E-state index contributed by atoms with van der Waals surface area (Å²) in [5.41, 5.74) is 1.15. The highest BCUT2D eigenvalue weighted by Crippen LogP contribution is 2.17. The SMILES string of the molecule is CCn1nc(C(=O)N(C)CCOc2ccccc2C)c2ccccc2c1=O. The molecule has 0 spiro atoms. The fourth-order valence-electron chi connectivity index (χ4n) is 2.90. The molecule has 6 nitrogen and oxygen atoms in total. The normalized spacial score (nSPS) is 10.8. The maximum Gasteiger partial charge on any atom is 0.274 e. The fourth-order valence-corrected chi connectivity index (χ4v) is 2.90. The number of likely N-dealkylation sites (N-methyl/N-ethyl adjacent to an activating group) is 1. The van der Waals surface area contributed by atoms with Crippen molar-refractivity contribution in [1.29, 1.82) is 0 Å². The molecule has 0 fully saturated rings. The zero-order valence-corrected chi connectivity index (χ0v) is 15.8. The fraction of sp³-hybridized carbons (Fsp3) is 0.286. The molecule has 1 heterocycles. The summed E-state index contributed by atoms with van der Waals surface area (Å²) in [6.45, 7) is 5.00. The van der Waals surface area contributed by atoms with Gasteiger partial charge in [0.1, 0.15) is 12.4 Å². The van der Waals surface area contributed by atoms with Crippen LogP contribution in [0.25, 0.3) is 10.8 Å². The van der Waals surface area contributed by atoms with Crippen LogP contribution in [0.4, 0.5) is 0 Å². The minimum Gasteiger partial charge on any atom is -0.491 e. The summed E-state index contributed by atoms with van der Waals surface area (Å²) in [6, 6.07) is 14.8. The summed E-state index contributed by atoms with van der Waals surface area (Å²) in [7, 11) is 1.71. The van der Waals surface area contributed by atoms with E-state index in [4.69, 9.17) is 4.74 Å². The third-order valence-electron chi connectivity index (χ3n) is 4.49. The Morgan fingerprint density at radius 2 is 1.78 bits per heavy atom. The number of ether oxygens (including phenoxy) is 1. The minimum atomic E-state index is -0.234. The topological polar surface area (TPSA) is 64.4 Å². The molecule has 1 aromatic heterocycles. The summed E-state index contributed by atoms with van der Waals surface area (Å²) in [6.07, 6.45) is 0. The Bertz CT molecular complexity index is 1030. The van der Waals surface area contributed by atoms with Crippen LogP contribution in [0.3, 0.4) is 0 Å². The second-order valence-electron chi connectivity index (χ2n) is 6.36. The third-order valence-corrected chi connectivity index (χ3v) is 4.49. The summed E-state index contributed by atoms with van der Waals surface area (Å²) in [5.74, 6) is 0.572. The molecule has 1 amide bonds. The van der Waals surface area contributed by atoms with Crippen LogP contribution >= 0.6 is 0 Å². The molecule has 0 atom stereocenters. The lowest BCUT2D eigenvalue weighted by Crippen LogP contribution is -2.34. The first-order chi connectivity index (χ1) is 13.0. The van der Waals surface area contributed by atoms with Gasteiger partial charge in [-0.3, -0.25) is 9.59 Å². The Balaban J connectivity index is 1.80. The molecular weight excluding hydrogens is 342 g/mol. The highest BCUT2D eigenvalue weighted by molar-refractivity contribution is 6.04. The van der Waals surface area contributed by atoms with E-state index in [9.17, 15) is 9.59 Å². The molecule has 0 saturated carbocycles. The standard InChI is InChI=1S/C21H23N3O3/c1-4-24-20(25)17-11-7-6-10-16(17)19(22-24)21(26)23(3)13-14-27-18-12-8-5-9-15(18)2/h5-12H,4,13-14H2,1-3H3. The van der Waals surface area contributed by atoms with E-state index in [1.165, 1.54) is 4.68 Å². The number of hydrogen-bond donors (Lipinski definition) is 0. The number of aryl methyl sites for hydroxylation is 2. The Hall–Kier alpha value is -3.15. The van der Waals surface area contributed by atoms with Crippen molar-refractivity contribution in [2.24, 2.45) is 0 Å². The van der Waals surface area contributed by atoms with Gasteiger partial charge in [0.15, 0.2) is 5.69 Å². The van der Waals surface area contributed by atoms with Crippen molar-refractivity contribution in [3.8, 4) is 5.75 Å². The van der Waals surface area contributed by atoms with Gasteiger partial charge in [0, 0.05) is 19.0 Å². The van der Waals surface area contributed by atoms with Crippen molar-refractivity contribution in [3.63, 3.8) is 0 Å². The van der Waals surface area contributed by atoms with Gasteiger partial charge in [0.2, 0.25) is 0 Å². The molecule has 0 aliphatic rings. The molecular formula is C21H23N3O3. The number of nitrogens with zero attached hydrogens (tertiary/aromatic N) is 3. The van der Waals surface area contributed by atoms with Crippen LogP contribution in [-0.4, -0.2) is 40.8 Å². The number of benzene rings is 2. The number of carbonyl (C=O) groups excluding carboxylic acids is 1. The van der Waals surface area contributed by atoms with E-state index in [0.717, 1.165) is 11.3 Å². The number of rotatable bonds is 6. The molecule has 0 aliphatic carbocycles. The highest BCUT2D eigenvalue weighted by atomic mass is 16.5. The van der Waals surface area contributed by atoms with Crippen molar-refractivity contribution in [1.82, 2.24) is 14.7 Å². The minimum absolute atomic E-state index is 0.185. The van der Waals surface area contributed by atoms with Crippen LogP contribution in [0, 0.1) is 6.92 Å². The zero-order chi connectivity index (χ0) is 19.4. The first-order valence-corrected chi connectivity index (χ1v) is 8.96. The van der Waals surface area contributed by atoms with Crippen LogP contribution in [0.1, 0.15) is 23.0 Å². The molecule has 3 aromatic rings. The average Bonchev–Trinajstić information content (AvgIpc) is 2.69. The molecule has 0 radical (unpaired) electrons. The summed E-state index contributed by atoms with van der Waals surface area (Å²) >= 11 is 0. The highest BCUT2D eigenvalue weighted by Gasteiger charge is 2.19. The predicted octanol–water partition coefficient (Wildman–Crippen LogP) is 2.88. The first kappa shape index (κ1) is 18.6. The van der Waals surface area contributed by atoms with Crippen molar-refractivity contribution in [2.75, 3.05) is 20.2 Å². The summed E-state index contributed by atoms with van der Waals surface area (Å²) in [4.78, 5) is 26.9. The second kappa shape index (κ2) is 8.03. The lowest BCUT2D eigenvalue weighted by Gasteiger charge is -2.19. The van der Waals surface area contributed by atoms with Crippen molar-refractivity contribution < 1.29 is 9.53 Å². The van der Waals surface area contributed by atoms with Gasteiger partial charge in [0.25, 0.3) is 11.5 Å². The van der Waals surface area contributed by atoms with Crippen LogP contribution in [0.2, 0.25) is 0 Å². The van der Waals surface area contributed by atoms with E-state index in [-0.39, 0.29) is 17.2 Å². The number of carbonyl (C=O) groups is 1. The number of fused-ring (bicyclic) bond motifs is 1. The zero-order valence-electron chi connectivity index (χ0n) is 15.8. The quantitative estimate of drug-likeness (QED) is 0.674. The summed E-state index contributed by atoms with van der Waals surface area (Å²) in [5, 5.41) is 5.37. The Kier molecular flexibility index (Phi) is 5.54. The number of amides is 1. The van der Waals surface area contributed by atoms with E-state index in [0.29, 0.717) is 30.5 Å². The van der Waals surface area contributed by atoms with Gasteiger partial charge < -0.3 is 9.64 Å². The number of para-hydroxylation sites is 1. The van der Waals surface area contributed by atoms with E-state index in [1.54, 1.807) is 36.2 Å². The van der Waals surface area contributed by atoms with Crippen LogP contribution < -0.4 is 10.3 Å². The molecule has 2 aromatic carbocycles. The number of hydrogen-bond acceptors (Lipinski definition) is 4. The summed E-state index contributed by atoms with van der Waals surface area (Å²) < 4.78 is 7.10. The molecule has 140 valence electrons. The largest absolute Gasteiger partial charge is 0.491 e. The van der Waals surface area contributed by atoms with Gasteiger partial charge in [-0.05, 0) is 31.5 Å². The predicted molar refractivity (Wildman–Crippen MR) is 105 cm³/mol. The maximum atomic E-state index is 12.9. The van der Waals surface area contributed by atoms with Crippen molar-refractivity contribution in [2.45, 2.75) is 20.4 Å². The molecule has 0 bridgehead atoms. The van der Waals surface area contributed by atoms with Crippen molar-refractivity contribution in [3.05, 3.63) is 70.1 Å². The van der Waals surface area contributed by atoms with Gasteiger partial charge in [-0.1, -0.05) is 36.4 Å². The van der Waals surface area contributed by atoms with E-state index < -0.39 is 0 Å². The van der Waals surface area contributed by atoms with E-state index in [1.807, 2.05) is 38.1 Å². The van der Waals surface area contributed by atoms with Gasteiger partial charge in [-0.15, -0.1) is 0 Å². The molecule has 6 heteroatoms. The lowest BCUT2D eigenvalue weighted by molar-refractivity contribution is 0.0767. The van der Waals surface area contributed by atoms with E-state index >= 15 is 0 Å². The number of aromatic nitrogens is 2. The van der Waals surface area contributed by atoms with Crippen LogP contribution in [0.5, 0.6) is 5.75 Å². The molecule has 0 saturated heterocycles.